The summed E-state index contributed by atoms with van der Waals surface area (Å²) in [6.45, 7) is 5.89. The third kappa shape index (κ3) is 3.28. The molecule has 3 aromatic heterocycles. The topological polar surface area (TPSA) is 67.6 Å². The van der Waals surface area contributed by atoms with Crippen LogP contribution in [-0.4, -0.2) is 14.7 Å². The van der Waals surface area contributed by atoms with Crippen LogP contribution >= 0.6 is 11.3 Å². The van der Waals surface area contributed by atoms with Crippen LogP contribution in [0.5, 0.6) is 0 Å². The Kier molecular flexibility index (Phi) is 4.68. The highest BCUT2D eigenvalue weighted by atomic mass is 32.1. The first-order chi connectivity index (χ1) is 13.6. The largest absolute Gasteiger partial charge is 0.360 e. The fourth-order valence-corrected chi connectivity index (χ4v) is 3.98. The van der Waals surface area contributed by atoms with Crippen molar-refractivity contribution in [1.82, 2.24) is 14.7 Å². The summed E-state index contributed by atoms with van der Waals surface area (Å²) in [6, 6.07) is 16.2. The summed E-state index contributed by atoms with van der Waals surface area (Å²) in [6.07, 6.45) is 1.89. The fraction of sp³-hybridized carbons (Fsp3) is 0.136. The molecule has 138 valence electrons. The Morgan fingerprint density at radius 3 is 2.64 bits per heavy atom. The lowest BCUT2D eigenvalue weighted by Gasteiger charge is -2.04. The first-order valence-electron chi connectivity index (χ1n) is 8.82. The number of hydrogen-bond donors (Lipinski definition) is 0. The molecule has 0 atom stereocenters. The molecule has 0 N–H and O–H groups in total. The lowest BCUT2D eigenvalue weighted by atomic mass is 10.1. The SMILES string of the molecule is Cc1cc(-n2c(C)cc(/C=C(\C#N)c3nc(-c4ccccc4)cs3)c2C)no1. The summed E-state index contributed by atoms with van der Waals surface area (Å²) >= 11 is 1.48. The molecule has 0 aliphatic carbocycles. The van der Waals surface area contributed by atoms with Gasteiger partial charge in [0.25, 0.3) is 0 Å². The van der Waals surface area contributed by atoms with Gasteiger partial charge in [0.15, 0.2) is 5.82 Å². The number of rotatable bonds is 4. The molecular formula is C22H18N4OS. The van der Waals surface area contributed by atoms with Gasteiger partial charge in [0.05, 0.1) is 11.3 Å². The molecule has 28 heavy (non-hydrogen) atoms. The smallest absolute Gasteiger partial charge is 0.180 e. The molecule has 0 saturated carbocycles. The standard InChI is InChI=1S/C22H18N4OS/c1-14-9-18(16(3)26(14)21-10-15(2)27-25-21)11-19(12-23)22-24-20(13-28-22)17-7-5-4-6-8-17/h4-11,13H,1-3H3/b19-11+. The molecule has 6 heteroatoms. The fourth-order valence-electron chi connectivity index (χ4n) is 3.18. The van der Waals surface area contributed by atoms with Crippen molar-refractivity contribution in [2.75, 3.05) is 0 Å². The second-order valence-electron chi connectivity index (χ2n) is 6.53. The molecule has 0 saturated heterocycles. The summed E-state index contributed by atoms with van der Waals surface area (Å²) < 4.78 is 7.23. The van der Waals surface area contributed by atoms with Crippen molar-refractivity contribution in [3.05, 3.63) is 75.6 Å². The van der Waals surface area contributed by atoms with Crippen molar-refractivity contribution in [2.24, 2.45) is 0 Å². The van der Waals surface area contributed by atoms with E-state index >= 15 is 0 Å². The van der Waals surface area contributed by atoms with Crippen LogP contribution in [0.4, 0.5) is 0 Å². The van der Waals surface area contributed by atoms with Gasteiger partial charge >= 0.3 is 0 Å². The van der Waals surface area contributed by atoms with E-state index in [2.05, 4.69) is 16.2 Å². The maximum Gasteiger partial charge on any atom is 0.180 e. The van der Waals surface area contributed by atoms with Crippen molar-refractivity contribution < 1.29 is 4.52 Å². The second-order valence-corrected chi connectivity index (χ2v) is 7.39. The van der Waals surface area contributed by atoms with Gasteiger partial charge in [-0.25, -0.2) is 4.98 Å². The third-order valence-corrected chi connectivity index (χ3v) is 5.41. The van der Waals surface area contributed by atoms with E-state index in [0.717, 1.165) is 39.8 Å². The molecule has 0 amide bonds. The molecule has 0 aliphatic heterocycles. The minimum Gasteiger partial charge on any atom is -0.360 e. The van der Waals surface area contributed by atoms with Crippen LogP contribution in [0.1, 0.15) is 27.7 Å². The monoisotopic (exact) mass is 386 g/mol. The number of nitriles is 1. The number of benzene rings is 1. The number of allylic oxidation sites excluding steroid dienone is 1. The average Bonchev–Trinajstić information content (AvgIpc) is 3.41. The molecule has 3 heterocycles. The molecule has 0 bridgehead atoms. The maximum absolute atomic E-state index is 9.72. The highest BCUT2D eigenvalue weighted by Gasteiger charge is 2.15. The predicted octanol–water partition coefficient (Wildman–Crippen LogP) is 5.58. The lowest BCUT2D eigenvalue weighted by Crippen LogP contribution is -1.99. The molecule has 5 nitrogen and oxygen atoms in total. The zero-order valence-corrected chi connectivity index (χ0v) is 16.6. The van der Waals surface area contributed by atoms with Gasteiger partial charge < -0.3 is 4.52 Å². The highest BCUT2D eigenvalue weighted by Crippen LogP contribution is 2.29. The number of aromatic nitrogens is 3. The van der Waals surface area contributed by atoms with Crippen LogP contribution in [0.25, 0.3) is 28.7 Å². The van der Waals surface area contributed by atoms with Crippen molar-refractivity contribution in [1.29, 1.82) is 5.26 Å². The summed E-state index contributed by atoms with van der Waals surface area (Å²) in [5.41, 5.74) is 5.46. The zero-order valence-electron chi connectivity index (χ0n) is 15.8. The zero-order chi connectivity index (χ0) is 19.7. The van der Waals surface area contributed by atoms with E-state index in [4.69, 9.17) is 4.52 Å². The van der Waals surface area contributed by atoms with Gasteiger partial charge in [0, 0.05) is 28.4 Å². The first kappa shape index (κ1) is 18.0. The minimum atomic E-state index is 0.545. The summed E-state index contributed by atoms with van der Waals surface area (Å²) in [5.74, 6) is 1.50. The lowest BCUT2D eigenvalue weighted by molar-refractivity contribution is 0.394. The van der Waals surface area contributed by atoms with Gasteiger partial charge in [0.1, 0.15) is 16.8 Å². The van der Waals surface area contributed by atoms with Crippen molar-refractivity contribution >= 4 is 23.0 Å². The Morgan fingerprint density at radius 2 is 1.96 bits per heavy atom. The molecule has 4 rings (SSSR count). The van der Waals surface area contributed by atoms with Crippen LogP contribution in [0.15, 0.2) is 52.4 Å². The van der Waals surface area contributed by atoms with Crippen molar-refractivity contribution in [3.63, 3.8) is 0 Å². The average molecular weight is 386 g/mol. The summed E-state index contributed by atoms with van der Waals surface area (Å²) in [5, 5.41) is 16.5. The van der Waals surface area contributed by atoms with Crippen molar-refractivity contribution in [2.45, 2.75) is 20.8 Å². The minimum absolute atomic E-state index is 0.545. The van der Waals surface area contributed by atoms with Crippen LogP contribution in [0, 0.1) is 32.1 Å². The van der Waals surface area contributed by atoms with Gasteiger partial charge in [-0.3, -0.25) is 4.57 Å². The molecule has 1 aromatic carbocycles. The molecule has 4 aromatic rings. The quantitative estimate of drug-likeness (QED) is 0.430. The predicted molar refractivity (Wildman–Crippen MR) is 111 cm³/mol. The number of aryl methyl sites for hydroxylation is 2. The van der Waals surface area contributed by atoms with E-state index in [1.165, 1.54) is 11.3 Å². The van der Waals surface area contributed by atoms with Crippen LogP contribution in [-0.2, 0) is 0 Å². The number of nitrogens with zero attached hydrogens (tertiary/aromatic N) is 4. The van der Waals surface area contributed by atoms with E-state index in [-0.39, 0.29) is 0 Å². The Balaban J connectivity index is 1.72. The van der Waals surface area contributed by atoms with E-state index in [9.17, 15) is 5.26 Å². The van der Waals surface area contributed by atoms with E-state index in [1.54, 1.807) is 0 Å². The first-order valence-corrected chi connectivity index (χ1v) is 9.70. The van der Waals surface area contributed by atoms with Crippen LogP contribution in [0.2, 0.25) is 0 Å². The maximum atomic E-state index is 9.72. The molecule has 0 fully saturated rings. The second kappa shape index (κ2) is 7.29. The molecule has 0 radical (unpaired) electrons. The normalized spacial score (nSPS) is 11.6. The molecule has 0 unspecified atom stereocenters. The molecule has 0 aliphatic rings. The van der Waals surface area contributed by atoms with E-state index < -0.39 is 0 Å². The van der Waals surface area contributed by atoms with Gasteiger partial charge in [-0.2, -0.15) is 5.26 Å². The number of thiazole rings is 1. The Bertz CT molecular complexity index is 1210. The Labute approximate surface area is 167 Å². The van der Waals surface area contributed by atoms with Crippen LogP contribution < -0.4 is 0 Å². The molecular weight excluding hydrogens is 368 g/mol. The Hall–Kier alpha value is -3.43. The van der Waals surface area contributed by atoms with Crippen LogP contribution in [0.3, 0.4) is 0 Å². The third-order valence-electron chi connectivity index (χ3n) is 4.54. The van der Waals surface area contributed by atoms with Gasteiger partial charge in [0.2, 0.25) is 0 Å². The summed E-state index contributed by atoms with van der Waals surface area (Å²) in [7, 11) is 0. The summed E-state index contributed by atoms with van der Waals surface area (Å²) in [4.78, 5) is 4.66. The van der Waals surface area contributed by atoms with E-state index in [0.29, 0.717) is 10.6 Å². The Morgan fingerprint density at radius 1 is 1.18 bits per heavy atom. The van der Waals surface area contributed by atoms with Crippen molar-refractivity contribution in [3.8, 4) is 23.1 Å². The van der Waals surface area contributed by atoms with Gasteiger partial charge in [-0.15, -0.1) is 11.3 Å². The van der Waals surface area contributed by atoms with Gasteiger partial charge in [-0.1, -0.05) is 35.5 Å². The van der Waals surface area contributed by atoms with E-state index in [1.807, 2.05) is 79.3 Å². The number of hydrogen-bond acceptors (Lipinski definition) is 5. The highest BCUT2D eigenvalue weighted by molar-refractivity contribution is 7.11. The molecule has 0 spiro atoms. The van der Waals surface area contributed by atoms with Gasteiger partial charge in [-0.05, 0) is 38.5 Å².